The molecule has 0 spiro atoms. The van der Waals surface area contributed by atoms with Crippen LogP contribution in [-0.4, -0.2) is 12.1 Å². The minimum atomic E-state index is -0.0555. The highest BCUT2D eigenvalue weighted by Crippen LogP contribution is 2.30. The van der Waals surface area contributed by atoms with Crippen LogP contribution in [-0.2, 0) is 9.53 Å². The number of esters is 1. The van der Waals surface area contributed by atoms with Gasteiger partial charge in [-0.15, -0.1) is 0 Å². The maximum absolute atomic E-state index is 11.7. The molecule has 0 aromatic carbocycles. The lowest BCUT2D eigenvalue weighted by Crippen LogP contribution is -2.05. The number of rotatable bonds is 8. The molecule has 0 aromatic heterocycles. The number of hydrogen-bond acceptors (Lipinski definition) is 2. The average molecular weight is 238 g/mol. The predicted molar refractivity (Wildman–Crippen MR) is 70.9 cm³/mol. The second-order valence-corrected chi connectivity index (χ2v) is 4.97. The molecule has 2 nitrogen and oxygen atoms in total. The molecule has 0 aromatic rings. The van der Waals surface area contributed by atoms with Gasteiger partial charge in [0.05, 0.1) is 0 Å². The lowest BCUT2D eigenvalue weighted by Gasteiger charge is -2.07. The zero-order valence-corrected chi connectivity index (χ0v) is 11.6. The van der Waals surface area contributed by atoms with Gasteiger partial charge in [-0.05, 0) is 38.2 Å². The van der Waals surface area contributed by atoms with Gasteiger partial charge < -0.3 is 4.74 Å². The van der Waals surface area contributed by atoms with E-state index >= 15 is 0 Å². The van der Waals surface area contributed by atoms with Crippen molar-refractivity contribution in [2.24, 2.45) is 0 Å². The zero-order chi connectivity index (χ0) is 12.7. The first-order chi connectivity index (χ1) is 8.20. The van der Waals surface area contributed by atoms with Gasteiger partial charge in [0.1, 0.15) is 6.10 Å². The van der Waals surface area contributed by atoms with E-state index in [0.717, 1.165) is 31.3 Å². The van der Waals surface area contributed by atoms with E-state index in [1.54, 1.807) is 0 Å². The molecule has 1 rings (SSSR count). The third-order valence-corrected chi connectivity index (χ3v) is 3.49. The van der Waals surface area contributed by atoms with Crippen molar-refractivity contribution in [3.63, 3.8) is 0 Å². The van der Waals surface area contributed by atoms with Crippen LogP contribution < -0.4 is 0 Å². The van der Waals surface area contributed by atoms with Crippen molar-refractivity contribution in [2.45, 2.75) is 78.2 Å². The summed E-state index contributed by atoms with van der Waals surface area (Å²) < 4.78 is 5.33. The number of hydrogen-bond donors (Lipinski definition) is 0. The van der Waals surface area contributed by atoms with Gasteiger partial charge in [-0.2, -0.15) is 0 Å². The van der Waals surface area contributed by atoms with Crippen LogP contribution in [0.1, 0.15) is 72.1 Å². The summed E-state index contributed by atoms with van der Waals surface area (Å²) >= 11 is 0. The second kappa shape index (κ2) is 7.52. The smallest absolute Gasteiger partial charge is 0.334 e. The quantitative estimate of drug-likeness (QED) is 0.463. The molecule has 0 fully saturated rings. The molecule has 2 heteroatoms. The van der Waals surface area contributed by atoms with Crippen molar-refractivity contribution in [3.05, 3.63) is 11.1 Å². The second-order valence-electron chi connectivity index (χ2n) is 4.97. The minimum absolute atomic E-state index is 0.0234. The van der Waals surface area contributed by atoms with Gasteiger partial charge in [-0.25, -0.2) is 4.79 Å². The van der Waals surface area contributed by atoms with Crippen molar-refractivity contribution in [1.82, 2.24) is 0 Å². The van der Waals surface area contributed by atoms with Crippen LogP contribution >= 0.6 is 0 Å². The third kappa shape index (κ3) is 4.18. The Balaban J connectivity index is 2.54. The Bertz CT molecular complexity index is 279. The Morgan fingerprint density at radius 2 is 1.71 bits per heavy atom. The Morgan fingerprint density at radius 1 is 1.00 bits per heavy atom. The Labute approximate surface area is 105 Å². The van der Waals surface area contributed by atoms with Crippen molar-refractivity contribution in [3.8, 4) is 0 Å². The lowest BCUT2D eigenvalue weighted by atomic mass is 9.96. The predicted octanol–water partition coefficient (Wildman–Crippen LogP) is 4.39. The van der Waals surface area contributed by atoms with Crippen LogP contribution in [0.2, 0.25) is 0 Å². The average Bonchev–Trinajstić information content (AvgIpc) is 2.57. The molecular formula is C15H26O2. The summed E-state index contributed by atoms with van der Waals surface area (Å²) in [5.74, 6) is -0.0555. The van der Waals surface area contributed by atoms with Gasteiger partial charge in [-0.3, -0.25) is 0 Å². The minimum Gasteiger partial charge on any atom is -0.455 e. The van der Waals surface area contributed by atoms with E-state index < -0.39 is 0 Å². The first-order valence-corrected chi connectivity index (χ1v) is 7.13. The van der Waals surface area contributed by atoms with Crippen LogP contribution in [0, 0.1) is 0 Å². The van der Waals surface area contributed by atoms with E-state index in [1.807, 2.05) is 6.92 Å². The van der Waals surface area contributed by atoms with Crippen LogP contribution in [0.5, 0.6) is 0 Å². The highest BCUT2D eigenvalue weighted by Gasteiger charge is 2.29. The van der Waals surface area contributed by atoms with E-state index in [9.17, 15) is 4.79 Å². The molecule has 0 aliphatic carbocycles. The summed E-state index contributed by atoms with van der Waals surface area (Å²) in [5.41, 5.74) is 2.26. The van der Waals surface area contributed by atoms with Gasteiger partial charge in [0.2, 0.25) is 0 Å². The number of cyclic esters (lactones) is 1. The fourth-order valence-electron chi connectivity index (χ4n) is 2.39. The molecule has 98 valence electrons. The molecule has 1 heterocycles. The molecule has 1 atom stereocenters. The fourth-order valence-corrected chi connectivity index (χ4v) is 2.39. The van der Waals surface area contributed by atoms with Crippen molar-refractivity contribution < 1.29 is 9.53 Å². The summed E-state index contributed by atoms with van der Waals surface area (Å²) in [5, 5.41) is 0. The van der Waals surface area contributed by atoms with Gasteiger partial charge in [0, 0.05) is 5.57 Å². The van der Waals surface area contributed by atoms with Crippen molar-refractivity contribution >= 4 is 5.97 Å². The first kappa shape index (κ1) is 14.3. The molecule has 17 heavy (non-hydrogen) atoms. The SMILES string of the molecule is CCCCCCC1=C(CCCC)C(C)OC1=O. The highest BCUT2D eigenvalue weighted by molar-refractivity contribution is 5.92. The highest BCUT2D eigenvalue weighted by atomic mass is 16.5. The molecular weight excluding hydrogens is 212 g/mol. The molecule has 0 amide bonds. The van der Waals surface area contributed by atoms with Gasteiger partial charge in [-0.1, -0.05) is 39.5 Å². The maximum Gasteiger partial charge on any atom is 0.334 e. The van der Waals surface area contributed by atoms with E-state index in [0.29, 0.717) is 0 Å². The van der Waals surface area contributed by atoms with E-state index in [2.05, 4.69) is 13.8 Å². The van der Waals surface area contributed by atoms with Gasteiger partial charge in [0.25, 0.3) is 0 Å². The molecule has 1 aliphatic rings. The lowest BCUT2D eigenvalue weighted by molar-refractivity contribution is -0.139. The standard InChI is InChI=1S/C15H26O2/c1-4-6-8-9-11-14-13(10-7-5-2)12(3)17-15(14)16/h12H,4-11H2,1-3H3. The number of carbonyl (C=O) groups is 1. The summed E-state index contributed by atoms with van der Waals surface area (Å²) in [4.78, 5) is 11.7. The summed E-state index contributed by atoms with van der Waals surface area (Å²) in [6.07, 6.45) is 9.17. The third-order valence-electron chi connectivity index (χ3n) is 3.49. The topological polar surface area (TPSA) is 26.3 Å². The molecule has 0 saturated carbocycles. The monoisotopic (exact) mass is 238 g/mol. The number of unbranched alkanes of at least 4 members (excludes halogenated alkanes) is 4. The van der Waals surface area contributed by atoms with Gasteiger partial charge in [0.15, 0.2) is 0 Å². The van der Waals surface area contributed by atoms with E-state index in [1.165, 1.54) is 31.3 Å². The molecule has 0 radical (unpaired) electrons. The molecule has 0 N–H and O–H groups in total. The van der Waals surface area contributed by atoms with Gasteiger partial charge >= 0.3 is 5.97 Å². The summed E-state index contributed by atoms with van der Waals surface area (Å²) in [6, 6.07) is 0. The van der Waals surface area contributed by atoms with Crippen LogP contribution in [0.3, 0.4) is 0 Å². The fraction of sp³-hybridized carbons (Fsp3) is 0.800. The van der Waals surface area contributed by atoms with E-state index in [4.69, 9.17) is 4.74 Å². The molecule has 0 saturated heterocycles. The summed E-state index contributed by atoms with van der Waals surface area (Å²) in [6.45, 7) is 6.39. The summed E-state index contributed by atoms with van der Waals surface area (Å²) in [7, 11) is 0. The number of ether oxygens (including phenoxy) is 1. The molecule has 1 unspecified atom stereocenters. The molecule has 0 bridgehead atoms. The normalized spacial score (nSPS) is 19.9. The van der Waals surface area contributed by atoms with Crippen LogP contribution in [0.15, 0.2) is 11.1 Å². The van der Waals surface area contributed by atoms with Crippen LogP contribution in [0.25, 0.3) is 0 Å². The van der Waals surface area contributed by atoms with Crippen molar-refractivity contribution in [2.75, 3.05) is 0 Å². The number of carbonyl (C=O) groups excluding carboxylic acids is 1. The zero-order valence-electron chi connectivity index (χ0n) is 11.6. The Kier molecular flexibility index (Phi) is 6.31. The van der Waals surface area contributed by atoms with Crippen LogP contribution in [0.4, 0.5) is 0 Å². The first-order valence-electron chi connectivity index (χ1n) is 7.13. The Hall–Kier alpha value is -0.790. The largest absolute Gasteiger partial charge is 0.455 e. The molecule has 1 aliphatic heterocycles. The maximum atomic E-state index is 11.7. The van der Waals surface area contributed by atoms with E-state index in [-0.39, 0.29) is 12.1 Å². The Morgan fingerprint density at radius 3 is 2.35 bits per heavy atom. The van der Waals surface area contributed by atoms with Crippen molar-refractivity contribution in [1.29, 1.82) is 0 Å².